The molecule has 0 amide bonds. The van der Waals surface area contributed by atoms with Gasteiger partial charge < -0.3 is 14.2 Å². The number of ether oxygens (including phenoxy) is 3. The van der Waals surface area contributed by atoms with Gasteiger partial charge in [-0.2, -0.15) is 0 Å². The standard InChI is InChI=1S/C19H28O6/c1-8-14(25-15(20)18(3,4)5)13-9-10-19(11-12(13)2,16(21)23-6)17(22)24-7/h2,8-11H2,1,3-7H3/b14-13+. The van der Waals surface area contributed by atoms with E-state index in [1.807, 2.05) is 6.92 Å². The normalized spacial score (nSPS) is 19.0. The maximum atomic E-state index is 12.2. The Bertz CT molecular complexity index is 590. The van der Waals surface area contributed by atoms with Crippen LogP contribution < -0.4 is 0 Å². The van der Waals surface area contributed by atoms with Crippen LogP contribution >= 0.6 is 0 Å². The number of methoxy groups -OCH3 is 2. The van der Waals surface area contributed by atoms with Gasteiger partial charge in [0.25, 0.3) is 0 Å². The summed E-state index contributed by atoms with van der Waals surface area (Å²) in [5, 5.41) is 0. The monoisotopic (exact) mass is 352 g/mol. The van der Waals surface area contributed by atoms with Crippen LogP contribution in [0, 0.1) is 10.8 Å². The number of esters is 3. The Hall–Kier alpha value is -2.11. The molecule has 0 atom stereocenters. The van der Waals surface area contributed by atoms with Crippen LogP contribution in [0.1, 0.15) is 53.4 Å². The molecule has 0 saturated heterocycles. The highest BCUT2D eigenvalue weighted by Gasteiger charge is 2.51. The topological polar surface area (TPSA) is 78.9 Å². The van der Waals surface area contributed by atoms with E-state index in [2.05, 4.69) is 6.58 Å². The highest BCUT2D eigenvalue weighted by atomic mass is 16.5. The van der Waals surface area contributed by atoms with Crippen molar-refractivity contribution in [2.45, 2.75) is 53.4 Å². The molecule has 0 bridgehead atoms. The fraction of sp³-hybridized carbons (Fsp3) is 0.632. The first-order valence-corrected chi connectivity index (χ1v) is 8.32. The molecule has 25 heavy (non-hydrogen) atoms. The molecule has 1 saturated carbocycles. The highest BCUT2D eigenvalue weighted by molar-refractivity contribution is 6.00. The third-order valence-corrected chi connectivity index (χ3v) is 4.38. The zero-order valence-electron chi connectivity index (χ0n) is 16.0. The molecule has 0 N–H and O–H groups in total. The van der Waals surface area contributed by atoms with Crippen LogP contribution in [0.5, 0.6) is 0 Å². The molecule has 6 heteroatoms. The van der Waals surface area contributed by atoms with E-state index in [4.69, 9.17) is 14.2 Å². The lowest BCUT2D eigenvalue weighted by molar-refractivity contribution is -0.170. The number of carbonyl (C=O) groups is 3. The van der Waals surface area contributed by atoms with Crippen LogP contribution in [0.4, 0.5) is 0 Å². The lowest BCUT2D eigenvalue weighted by Crippen LogP contribution is -2.43. The van der Waals surface area contributed by atoms with E-state index >= 15 is 0 Å². The Morgan fingerprint density at radius 2 is 1.64 bits per heavy atom. The first-order valence-electron chi connectivity index (χ1n) is 8.32. The molecule has 0 spiro atoms. The molecule has 0 unspecified atom stereocenters. The van der Waals surface area contributed by atoms with Gasteiger partial charge in [-0.3, -0.25) is 14.4 Å². The molecule has 0 aromatic rings. The second-order valence-electron chi connectivity index (χ2n) is 7.24. The summed E-state index contributed by atoms with van der Waals surface area (Å²) in [7, 11) is 2.48. The maximum Gasteiger partial charge on any atom is 0.323 e. The smallest absolute Gasteiger partial charge is 0.323 e. The molecule has 0 radical (unpaired) electrons. The number of carbonyl (C=O) groups excluding carboxylic acids is 3. The van der Waals surface area contributed by atoms with Crippen LogP contribution in [0.25, 0.3) is 0 Å². The zero-order valence-corrected chi connectivity index (χ0v) is 16.0. The van der Waals surface area contributed by atoms with Gasteiger partial charge in [-0.1, -0.05) is 13.5 Å². The first-order chi connectivity index (χ1) is 11.5. The maximum absolute atomic E-state index is 12.2. The molecule has 140 valence electrons. The fourth-order valence-corrected chi connectivity index (χ4v) is 2.85. The summed E-state index contributed by atoms with van der Waals surface area (Å²) < 4.78 is 15.2. The summed E-state index contributed by atoms with van der Waals surface area (Å²) in [4.78, 5) is 36.6. The second-order valence-corrected chi connectivity index (χ2v) is 7.24. The van der Waals surface area contributed by atoms with Gasteiger partial charge in [-0.05, 0) is 51.2 Å². The van der Waals surface area contributed by atoms with Gasteiger partial charge in [0, 0.05) is 6.42 Å². The third kappa shape index (κ3) is 4.30. The number of rotatable bonds is 4. The average molecular weight is 352 g/mol. The van der Waals surface area contributed by atoms with E-state index in [0.29, 0.717) is 24.2 Å². The SMILES string of the molecule is C=C1CC(C(=O)OC)(C(=O)OC)CC/C1=C(/CC)OC(=O)C(C)(C)C. The number of allylic oxidation sites excluding steroid dienone is 3. The summed E-state index contributed by atoms with van der Waals surface area (Å²) in [6.45, 7) is 11.2. The summed E-state index contributed by atoms with van der Waals surface area (Å²) in [6, 6.07) is 0. The van der Waals surface area contributed by atoms with E-state index in [1.165, 1.54) is 14.2 Å². The van der Waals surface area contributed by atoms with Crippen LogP contribution in [0.15, 0.2) is 23.5 Å². The lowest BCUT2D eigenvalue weighted by atomic mass is 9.70. The van der Waals surface area contributed by atoms with Crippen molar-refractivity contribution in [3.05, 3.63) is 23.5 Å². The third-order valence-electron chi connectivity index (χ3n) is 4.38. The Morgan fingerprint density at radius 3 is 2.00 bits per heavy atom. The van der Waals surface area contributed by atoms with E-state index in [1.54, 1.807) is 20.8 Å². The summed E-state index contributed by atoms with van der Waals surface area (Å²) in [6.07, 6.45) is 1.19. The fourth-order valence-electron chi connectivity index (χ4n) is 2.85. The Labute approximate surface area is 149 Å². The van der Waals surface area contributed by atoms with Crippen molar-refractivity contribution in [1.82, 2.24) is 0 Å². The second kappa shape index (κ2) is 7.85. The molecule has 0 heterocycles. The van der Waals surface area contributed by atoms with Crippen molar-refractivity contribution in [3.63, 3.8) is 0 Å². The van der Waals surface area contributed by atoms with Gasteiger partial charge in [0.15, 0.2) is 5.41 Å². The molecular formula is C19H28O6. The molecule has 6 nitrogen and oxygen atoms in total. The minimum Gasteiger partial charge on any atom is -0.468 e. The molecule has 0 aromatic carbocycles. The number of hydrogen-bond donors (Lipinski definition) is 0. The van der Waals surface area contributed by atoms with Gasteiger partial charge in [0.2, 0.25) is 0 Å². The van der Waals surface area contributed by atoms with Gasteiger partial charge in [0.1, 0.15) is 5.76 Å². The van der Waals surface area contributed by atoms with Gasteiger partial charge in [0.05, 0.1) is 19.6 Å². The molecular weight excluding hydrogens is 324 g/mol. The predicted molar refractivity (Wildman–Crippen MR) is 92.3 cm³/mol. The van der Waals surface area contributed by atoms with E-state index in [-0.39, 0.29) is 18.8 Å². The molecule has 1 aliphatic rings. The zero-order chi connectivity index (χ0) is 19.4. The quantitative estimate of drug-likeness (QED) is 0.334. The van der Waals surface area contributed by atoms with Crippen LogP contribution in [0.2, 0.25) is 0 Å². The van der Waals surface area contributed by atoms with Crippen LogP contribution in [0.3, 0.4) is 0 Å². The molecule has 1 fully saturated rings. The van der Waals surface area contributed by atoms with E-state index in [0.717, 1.165) is 5.57 Å². The van der Waals surface area contributed by atoms with Crippen molar-refractivity contribution in [1.29, 1.82) is 0 Å². The number of hydrogen-bond acceptors (Lipinski definition) is 6. The van der Waals surface area contributed by atoms with Crippen molar-refractivity contribution in [3.8, 4) is 0 Å². The summed E-state index contributed by atoms with van der Waals surface area (Å²) in [5.41, 5.74) is -0.653. The minimum atomic E-state index is -1.39. The Kier molecular flexibility index (Phi) is 6.57. The van der Waals surface area contributed by atoms with Crippen LogP contribution in [-0.4, -0.2) is 32.1 Å². The molecule has 0 aromatic heterocycles. The van der Waals surface area contributed by atoms with E-state index in [9.17, 15) is 14.4 Å². The predicted octanol–water partition coefficient (Wildman–Crippen LogP) is 3.31. The summed E-state index contributed by atoms with van der Waals surface area (Å²) in [5.74, 6) is -1.07. The minimum absolute atomic E-state index is 0.0816. The lowest BCUT2D eigenvalue weighted by Gasteiger charge is -2.34. The van der Waals surface area contributed by atoms with Crippen molar-refractivity contribution in [2.24, 2.45) is 10.8 Å². The molecule has 1 aliphatic carbocycles. The van der Waals surface area contributed by atoms with Crippen molar-refractivity contribution in [2.75, 3.05) is 14.2 Å². The molecule has 0 aliphatic heterocycles. The van der Waals surface area contributed by atoms with Crippen LogP contribution in [-0.2, 0) is 28.6 Å². The average Bonchev–Trinajstić information content (AvgIpc) is 2.57. The van der Waals surface area contributed by atoms with Gasteiger partial charge in [-0.15, -0.1) is 0 Å². The largest absolute Gasteiger partial charge is 0.468 e. The van der Waals surface area contributed by atoms with Gasteiger partial charge >= 0.3 is 17.9 Å². The molecule has 1 rings (SSSR count). The van der Waals surface area contributed by atoms with Gasteiger partial charge in [-0.25, -0.2) is 0 Å². The van der Waals surface area contributed by atoms with Crippen molar-refractivity contribution >= 4 is 17.9 Å². The highest BCUT2D eigenvalue weighted by Crippen LogP contribution is 2.44. The summed E-state index contributed by atoms with van der Waals surface area (Å²) >= 11 is 0. The van der Waals surface area contributed by atoms with Crippen molar-refractivity contribution < 1.29 is 28.6 Å². The Balaban J connectivity index is 3.17. The Morgan fingerprint density at radius 1 is 1.12 bits per heavy atom. The first kappa shape index (κ1) is 20.9. The van der Waals surface area contributed by atoms with E-state index < -0.39 is 22.8 Å².